The first-order valence-electron chi connectivity index (χ1n) is 5.79. The van der Waals surface area contributed by atoms with Crippen molar-refractivity contribution < 1.29 is 5.11 Å². The molecular formula is C12H20N2O. The van der Waals surface area contributed by atoms with Crippen LogP contribution in [0.15, 0.2) is 18.3 Å². The zero-order valence-electron chi connectivity index (χ0n) is 9.32. The largest absolute Gasteiger partial charge is 0.396 e. The molecule has 3 heteroatoms. The minimum absolute atomic E-state index is 0.327. The molecule has 1 aromatic rings. The van der Waals surface area contributed by atoms with Gasteiger partial charge in [0.25, 0.3) is 0 Å². The lowest BCUT2D eigenvalue weighted by Gasteiger charge is -2.35. The quantitative estimate of drug-likeness (QED) is 0.794. The average molecular weight is 208 g/mol. The minimum atomic E-state index is 0.327. The number of aromatic amines is 1. The second-order valence-corrected chi connectivity index (χ2v) is 4.49. The van der Waals surface area contributed by atoms with Gasteiger partial charge >= 0.3 is 0 Å². The van der Waals surface area contributed by atoms with Crippen LogP contribution in [0.2, 0.25) is 0 Å². The van der Waals surface area contributed by atoms with Gasteiger partial charge in [0.1, 0.15) is 0 Å². The highest BCUT2D eigenvalue weighted by molar-refractivity contribution is 5.08. The van der Waals surface area contributed by atoms with Crippen LogP contribution >= 0.6 is 0 Å². The summed E-state index contributed by atoms with van der Waals surface area (Å²) >= 11 is 0. The van der Waals surface area contributed by atoms with E-state index in [0.29, 0.717) is 18.6 Å². The number of hydrogen-bond acceptors (Lipinski definition) is 2. The third-order valence-corrected chi connectivity index (χ3v) is 3.43. The number of aromatic nitrogens is 1. The molecule has 3 nitrogen and oxygen atoms in total. The van der Waals surface area contributed by atoms with Gasteiger partial charge in [0, 0.05) is 31.1 Å². The molecule has 1 saturated heterocycles. The van der Waals surface area contributed by atoms with Gasteiger partial charge in [0.05, 0.1) is 0 Å². The Morgan fingerprint density at radius 1 is 1.67 bits per heavy atom. The van der Waals surface area contributed by atoms with Crippen LogP contribution < -0.4 is 0 Å². The zero-order valence-corrected chi connectivity index (χ0v) is 9.32. The van der Waals surface area contributed by atoms with E-state index >= 15 is 0 Å². The number of likely N-dealkylation sites (tertiary alicyclic amines) is 1. The summed E-state index contributed by atoms with van der Waals surface area (Å²) < 4.78 is 0. The van der Waals surface area contributed by atoms with Gasteiger partial charge in [-0.3, -0.25) is 4.90 Å². The van der Waals surface area contributed by atoms with Crippen molar-refractivity contribution in [2.75, 3.05) is 19.7 Å². The molecule has 0 spiro atoms. The molecular weight excluding hydrogens is 188 g/mol. The van der Waals surface area contributed by atoms with Crippen molar-refractivity contribution in [3.8, 4) is 0 Å². The second-order valence-electron chi connectivity index (χ2n) is 4.49. The Morgan fingerprint density at radius 3 is 3.20 bits per heavy atom. The predicted octanol–water partition coefficient (Wildman–Crippen LogP) is 1.78. The molecule has 1 fully saturated rings. The first-order valence-corrected chi connectivity index (χ1v) is 5.79. The molecule has 0 bridgehead atoms. The van der Waals surface area contributed by atoms with Gasteiger partial charge in [-0.25, -0.2) is 0 Å². The fourth-order valence-electron chi connectivity index (χ4n) is 2.40. The third kappa shape index (κ3) is 2.41. The summed E-state index contributed by atoms with van der Waals surface area (Å²) in [5, 5.41) is 9.19. The van der Waals surface area contributed by atoms with Crippen molar-refractivity contribution in [1.29, 1.82) is 0 Å². The number of aliphatic hydroxyl groups excluding tert-OH is 1. The molecule has 2 heterocycles. The highest BCUT2D eigenvalue weighted by Gasteiger charge is 2.23. The summed E-state index contributed by atoms with van der Waals surface area (Å²) in [7, 11) is 0. The van der Waals surface area contributed by atoms with Crippen molar-refractivity contribution >= 4 is 0 Å². The smallest absolute Gasteiger partial charge is 0.0471 e. The molecule has 1 aliphatic rings. The molecule has 0 amide bonds. The summed E-state index contributed by atoms with van der Waals surface area (Å²) in [6.45, 7) is 4.73. The van der Waals surface area contributed by atoms with Crippen LogP contribution in [0.25, 0.3) is 0 Å². The Kier molecular flexibility index (Phi) is 3.44. The SMILES string of the molecule is CC(c1ccc[nH]1)N1CCCC(CO)C1. The van der Waals surface area contributed by atoms with Crippen LogP contribution in [-0.4, -0.2) is 34.7 Å². The van der Waals surface area contributed by atoms with E-state index in [1.807, 2.05) is 12.3 Å². The lowest BCUT2D eigenvalue weighted by atomic mass is 9.97. The fraction of sp³-hybridized carbons (Fsp3) is 0.667. The fourth-order valence-corrected chi connectivity index (χ4v) is 2.40. The molecule has 0 aromatic carbocycles. The number of nitrogens with zero attached hydrogens (tertiary/aromatic N) is 1. The molecule has 0 saturated carbocycles. The number of hydrogen-bond donors (Lipinski definition) is 2. The highest BCUT2D eigenvalue weighted by atomic mass is 16.3. The van der Waals surface area contributed by atoms with E-state index in [1.54, 1.807) is 0 Å². The standard InChI is InChI=1S/C12H20N2O/c1-10(12-5-2-6-13-12)14-7-3-4-11(8-14)9-15/h2,5-6,10-11,13,15H,3-4,7-9H2,1H3. The van der Waals surface area contributed by atoms with Gasteiger partial charge in [-0.1, -0.05) is 0 Å². The number of aliphatic hydroxyl groups is 1. The van der Waals surface area contributed by atoms with Crippen LogP contribution in [0, 0.1) is 5.92 Å². The van der Waals surface area contributed by atoms with Crippen LogP contribution in [0.1, 0.15) is 31.5 Å². The molecule has 2 N–H and O–H groups in total. The van der Waals surface area contributed by atoms with E-state index < -0.39 is 0 Å². The Balaban J connectivity index is 1.98. The van der Waals surface area contributed by atoms with Crippen LogP contribution in [0.3, 0.4) is 0 Å². The lowest BCUT2D eigenvalue weighted by Crippen LogP contribution is -2.38. The number of rotatable bonds is 3. The average Bonchev–Trinajstić information content (AvgIpc) is 2.81. The van der Waals surface area contributed by atoms with Crippen LogP contribution in [-0.2, 0) is 0 Å². The Labute approximate surface area is 91.1 Å². The molecule has 0 aliphatic carbocycles. The van der Waals surface area contributed by atoms with E-state index in [-0.39, 0.29) is 0 Å². The van der Waals surface area contributed by atoms with E-state index in [4.69, 9.17) is 0 Å². The van der Waals surface area contributed by atoms with Gasteiger partial charge in [-0.2, -0.15) is 0 Å². The van der Waals surface area contributed by atoms with Gasteiger partial charge in [0.2, 0.25) is 0 Å². The van der Waals surface area contributed by atoms with Crippen molar-refractivity contribution in [3.63, 3.8) is 0 Å². The lowest BCUT2D eigenvalue weighted by molar-refractivity contribution is 0.0924. The maximum absolute atomic E-state index is 9.19. The van der Waals surface area contributed by atoms with E-state index in [2.05, 4.69) is 22.9 Å². The van der Waals surface area contributed by atoms with E-state index in [1.165, 1.54) is 18.5 Å². The molecule has 2 rings (SSSR count). The molecule has 84 valence electrons. The molecule has 15 heavy (non-hydrogen) atoms. The molecule has 1 aromatic heterocycles. The van der Waals surface area contributed by atoms with Crippen molar-refractivity contribution in [1.82, 2.24) is 9.88 Å². The Bertz CT molecular complexity index is 284. The topological polar surface area (TPSA) is 39.3 Å². The summed E-state index contributed by atoms with van der Waals surface area (Å²) in [6.07, 6.45) is 4.35. The normalized spacial score (nSPS) is 25.3. The van der Waals surface area contributed by atoms with Gasteiger partial charge in [-0.05, 0) is 44.4 Å². The Morgan fingerprint density at radius 2 is 2.53 bits per heavy atom. The van der Waals surface area contributed by atoms with Crippen molar-refractivity contribution in [2.45, 2.75) is 25.8 Å². The number of H-pyrrole nitrogens is 1. The van der Waals surface area contributed by atoms with E-state index in [9.17, 15) is 5.11 Å². The minimum Gasteiger partial charge on any atom is -0.396 e. The molecule has 2 unspecified atom stereocenters. The summed E-state index contributed by atoms with van der Waals surface area (Å²) in [4.78, 5) is 5.72. The summed E-state index contributed by atoms with van der Waals surface area (Å²) in [5.41, 5.74) is 1.27. The van der Waals surface area contributed by atoms with Gasteiger partial charge < -0.3 is 10.1 Å². The summed E-state index contributed by atoms with van der Waals surface area (Å²) in [5.74, 6) is 0.469. The first kappa shape index (κ1) is 10.7. The van der Waals surface area contributed by atoms with Crippen molar-refractivity contribution in [3.05, 3.63) is 24.0 Å². The summed E-state index contributed by atoms with van der Waals surface area (Å²) in [6, 6.07) is 4.61. The molecule has 0 radical (unpaired) electrons. The first-order chi connectivity index (χ1) is 7.31. The van der Waals surface area contributed by atoms with Crippen LogP contribution in [0.5, 0.6) is 0 Å². The maximum Gasteiger partial charge on any atom is 0.0471 e. The third-order valence-electron chi connectivity index (χ3n) is 3.43. The Hall–Kier alpha value is -0.800. The zero-order chi connectivity index (χ0) is 10.7. The monoisotopic (exact) mass is 208 g/mol. The van der Waals surface area contributed by atoms with Crippen LogP contribution in [0.4, 0.5) is 0 Å². The number of nitrogens with one attached hydrogen (secondary N) is 1. The molecule has 1 aliphatic heterocycles. The molecule has 2 atom stereocenters. The number of piperidine rings is 1. The highest BCUT2D eigenvalue weighted by Crippen LogP contribution is 2.25. The van der Waals surface area contributed by atoms with Gasteiger partial charge in [-0.15, -0.1) is 0 Å². The maximum atomic E-state index is 9.19. The van der Waals surface area contributed by atoms with Crippen molar-refractivity contribution in [2.24, 2.45) is 5.92 Å². The van der Waals surface area contributed by atoms with E-state index in [0.717, 1.165) is 13.1 Å². The second kappa shape index (κ2) is 4.81. The van der Waals surface area contributed by atoms with Gasteiger partial charge in [0.15, 0.2) is 0 Å². The predicted molar refractivity (Wildman–Crippen MR) is 60.6 cm³/mol.